The SMILES string of the molecule is CCC(C)C(NC(C)=O)C(=O)O.COc1ccc(Cl)cc1. The molecule has 0 aliphatic heterocycles. The summed E-state index contributed by atoms with van der Waals surface area (Å²) < 4.78 is 4.91. The largest absolute Gasteiger partial charge is 0.497 e. The summed E-state index contributed by atoms with van der Waals surface area (Å²) in [6.45, 7) is 5.01. The van der Waals surface area contributed by atoms with Crippen LogP contribution < -0.4 is 10.1 Å². The molecule has 0 heterocycles. The predicted octanol–water partition coefficient (Wildman–Crippen LogP) is 2.97. The second-order valence-corrected chi connectivity index (χ2v) is 5.00. The molecule has 1 rings (SSSR count). The number of amides is 1. The minimum atomic E-state index is -0.973. The molecule has 0 spiro atoms. The standard InChI is InChI=1S/C8H15NO3.C7H7ClO/c1-4-5(2)7(8(11)12)9-6(3)10;1-9-7-4-2-6(8)3-5-7/h5,7H,4H2,1-3H3,(H,9,10)(H,11,12);2-5H,1H3. The van der Waals surface area contributed by atoms with E-state index in [1.165, 1.54) is 6.92 Å². The highest BCUT2D eigenvalue weighted by Gasteiger charge is 2.23. The zero-order valence-electron chi connectivity index (χ0n) is 12.7. The first kappa shape index (κ1) is 19.2. The third-order valence-electron chi connectivity index (χ3n) is 2.89. The van der Waals surface area contributed by atoms with Crippen molar-refractivity contribution in [3.63, 3.8) is 0 Å². The van der Waals surface area contributed by atoms with Gasteiger partial charge in [0.2, 0.25) is 5.91 Å². The van der Waals surface area contributed by atoms with E-state index >= 15 is 0 Å². The van der Waals surface area contributed by atoms with Crippen molar-refractivity contribution in [1.29, 1.82) is 0 Å². The summed E-state index contributed by atoms with van der Waals surface area (Å²) in [6, 6.07) is 6.47. The maximum absolute atomic E-state index is 10.6. The zero-order chi connectivity index (χ0) is 16.4. The Bertz CT molecular complexity index is 447. The van der Waals surface area contributed by atoms with Gasteiger partial charge in [-0.15, -0.1) is 0 Å². The topological polar surface area (TPSA) is 75.6 Å². The van der Waals surface area contributed by atoms with Gasteiger partial charge >= 0.3 is 5.97 Å². The summed E-state index contributed by atoms with van der Waals surface area (Å²) in [5.74, 6) is -0.479. The van der Waals surface area contributed by atoms with Crippen LogP contribution in [0.5, 0.6) is 5.75 Å². The van der Waals surface area contributed by atoms with Crippen molar-refractivity contribution < 1.29 is 19.4 Å². The smallest absolute Gasteiger partial charge is 0.326 e. The number of carbonyl (C=O) groups excluding carboxylic acids is 1. The number of halogens is 1. The van der Waals surface area contributed by atoms with Crippen LogP contribution in [0.2, 0.25) is 5.02 Å². The van der Waals surface area contributed by atoms with Gasteiger partial charge in [-0.25, -0.2) is 4.79 Å². The molecule has 5 nitrogen and oxygen atoms in total. The van der Waals surface area contributed by atoms with Gasteiger partial charge in [-0.1, -0.05) is 31.9 Å². The van der Waals surface area contributed by atoms with Crippen LogP contribution in [0.25, 0.3) is 0 Å². The third-order valence-corrected chi connectivity index (χ3v) is 3.14. The monoisotopic (exact) mass is 315 g/mol. The highest BCUT2D eigenvalue weighted by molar-refractivity contribution is 6.30. The molecule has 0 aliphatic carbocycles. The van der Waals surface area contributed by atoms with E-state index in [4.69, 9.17) is 21.4 Å². The molecule has 0 aromatic heterocycles. The average Bonchev–Trinajstić information content (AvgIpc) is 2.45. The lowest BCUT2D eigenvalue weighted by molar-refractivity contribution is -0.143. The number of ether oxygens (including phenoxy) is 1. The molecule has 0 bridgehead atoms. The molecule has 2 atom stereocenters. The minimum absolute atomic E-state index is 0.0357. The lowest BCUT2D eigenvalue weighted by Gasteiger charge is -2.18. The number of benzene rings is 1. The zero-order valence-corrected chi connectivity index (χ0v) is 13.5. The van der Waals surface area contributed by atoms with Crippen molar-refractivity contribution in [3.05, 3.63) is 29.3 Å². The molecule has 1 amide bonds. The molecule has 0 saturated carbocycles. The van der Waals surface area contributed by atoms with Gasteiger partial charge in [0.1, 0.15) is 11.8 Å². The fraction of sp³-hybridized carbons (Fsp3) is 0.467. The van der Waals surface area contributed by atoms with Crippen molar-refractivity contribution >= 4 is 23.5 Å². The molecule has 1 aromatic carbocycles. The van der Waals surface area contributed by atoms with Crippen LogP contribution in [0.4, 0.5) is 0 Å². The highest BCUT2D eigenvalue weighted by Crippen LogP contribution is 2.14. The Balaban J connectivity index is 0.000000394. The van der Waals surface area contributed by atoms with E-state index in [-0.39, 0.29) is 11.8 Å². The molecule has 6 heteroatoms. The average molecular weight is 316 g/mol. The quantitative estimate of drug-likeness (QED) is 0.876. The maximum Gasteiger partial charge on any atom is 0.326 e. The van der Waals surface area contributed by atoms with Gasteiger partial charge in [0, 0.05) is 11.9 Å². The summed E-state index contributed by atoms with van der Waals surface area (Å²) in [5.41, 5.74) is 0. The number of nitrogens with one attached hydrogen (secondary N) is 1. The van der Waals surface area contributed by atoms with Gasteiger partial charge in [0.25, 0.3) is 0 Å². The Morgan fingerprint density at radius 2 is 1.86 bits per heavy atom. The molecule has 0 aliphatic rings. The van der Waals surface area contributed by atoms with Gasteiger partial charge in [-0.3, -0.25) is 4.79 Å². The van der Waals surface area contributed by atoms with Gasteiger partial charge in [-0.2, -0.15) is 0 Å². The van der Waals surface area contributed by atoms with E-state index in [1.807, 2.05) is 19.1 Å². The molecule has 2 N–H and O–H groups in total. The fourth-order valence-corrected chi connectivity index (χ4v) is 1.60. The van der Waals surface area contributed by atoms with Crippen LogP contribution >= 0.6 is 11.6 Å². The number of carboxylic acids is 1. The Labute approximate surface area is 130 Å². The van der Waals surface area contributed by atoms with Crippen LogP contribution in [0, 0.1) is 5.92 Å². The normalized spacial score (nSPS) is 12.4. The molecular weight excluding hydrogens is 294 g/mol. The van der Waals surface area contributed by atoms with Crippen LogP contribution in [-0.2, 0) is 9.59 Å². The number of carbonyl (C=O) groups is 2. The van der Waals surface area contributed by atoms with Crippen LogP contribution in [0.1, 0.15) is 27.2 Å². The first-order valence-electron chi connectivity index (χ1n) is 6.61. The third kappa shape index (κ3) is 8.19. The molecule has 0 radical (unpaired) electrons. The summed E-state index contributed by atoms with van der Waals surface area (Å²) >= 11 is 5.61. The molecule has 2 unspecified atom stereocenters. The van der Waals surface area contributed by atoms with E-state index < -0.39 is 12.0 Å². The number of aliphatic carboxylic acids is 1. The van der Waals surface area contributed by atoms with Crippen molar-refractivity contribution in [3.8, 4) is 5.75 Å². The van der Waals surface area contributed by atoms with Gasteiger partial charge < -0.3 is 15.2 Å². The lowest BCUT2D eigenvalue weighted by atomic mass is 9.99. The first-order chi connectivity index (χ1) is 9.81. The van der Waals surface area contributed by atoms with Crippen LogP contribution in [0.3, 0.4) is 0 Å². The molecule has 0 saturated heterocycles. The van der Waals surface area contributed by atoms with Gasteiger partial charge in [0.05, 0.1) is 7.11 Å². The number of hydrogen-bond acceptors (Lipinski definition) is 3. The summed E-state index contributed by atoms with van der Waals surface area (Å²) in [7, 11) is 1.63. The van der Waals surface area contributed by atoms with Crippen molar-refractivity contribution in [2.75, 3.05) is 7.11 Å². The molecule has 0 fully saturated rings. The summed E-state index contributed by atoms with van der Waals surface area (Å²) in [6.07, 6.45) is 0.733. The summed E-state index contributed by atoms with van der Waals surface area (Å²) in [4.78, 5) is 21.2. The number of carboxylic acid groups (broad SMARTS) is 1. The second kappa shape index (κ2) is 10.0. The first-order valence-corrected chi connectivity index (χ1v) is 6.99. The van der Waals surface area contributed by atoms with Crippen LogP contribution in [0.15, 0.2) is 24.3 Å². The van der Waals surface area contributed by atoms with E-state index in [0.29, 0.717) is 0 Å². The van der Waals surface area contributed by atoms with E-state index in [1.54, 1.807) is 26.2 Å². The van der Waals surface area contributed by atoms with Gasteiger partial charge in [0.15, 0.2) is 0 Å². The van der Waals surface area contributed by atoms with E-state index in [9.17, 15) is 9.59 Å². The second-order valence-electron chi connectivity index (χ2n) is 4.56. The number of hydrogen-bond donors (Lipinski definition) is 2. The van der Waals surface area contributed by atoms with Gasteiger partial charge in [-0.05, 0) is 30.2 Å². The maximum atomic E-state index is 10.6. The van der Waals surface area contributed by atoms with Crippen molar-refractivity contribution in [1.82, 2.24) is 5.32 Å². The molecule has 118 valence electrons. The molecular formula is C15H22ClNO4. The van der Waals surface area contributed by atoms with E-state index in [0.717, 1.165) is 17.2 Å². The van der Waals surface area contributed by atoms with Crippen molar-refractivity contribution in [2.24, 2.45) is 5.92 Å². The number of methoxy groups -OCH3 is 1. The molecule has 1 aromatic rings. The fourth-order valence-electron chi connectivity index (χ4n) is 1.47. The minimum Gasteiger partial charge on any atom is -0.497 e. The lowest BCUT2D eigenvalue weighted by Crippen LogP contribution is -2.43. The van der Waals surface area contributed by atoms with Crippen LogP contribution in [-0.4, -0.2) is 30.1 Å². The van der Waals surface area contributed by atoms with E-state index in [2.05, 4.69) is 5.32 Å². The Hall–Kier alpha value is -1.75. The highest BCUT2D eigenvalue weighted by atomic mass is 35.5. The molecule has 21 heavy (non-hydrogen) atoms. The summed E-state index contributed by atoms with van der Waals surface area (Å²) in [5, 5.41) is 11.8. The Morgan fingerprint density at radius 3 is 2.19 bits per heavy atom. The number of rotatable bonds is 5. The Morgan fingerprint density at radius 1 is 1.33 bits per heavy atom. The van der Waals surface area contributed by atoms with Crippen molar-refractivity contribution in [2.45, 2.75) is 33.2 Å². The Kier molecular flexibility index (Phi) is 9.21. The predicted molar refractivity (Wildman–Crippen MR) is 82.7 cm³/mol.